The summed E-state index contributed by atoms with van der Waals surface area (Å²) in [4.78, 5) is 0. The lowest BCUT2D eigenvalue weighted by molar-refractivity contribution is -0.0368. The molecular weight excluding hydrogens is 124 g/mol. The van der Waals surface area contributed by atoms with Crippen LogP contribution in [0.15, 0.2) is 0 Å². The fourth-order valence-electron chi connectivity index (χ4n) is 0.673. The molecule has 0 aliphatic carbocycles. The van der Waals surface area contributed by atoms with Crippen molar-refractivity contribution >= 4 is 0 Å². The monoisotopic (exact) mass is 139 g/mol. The molecule has 1 unspecified atom stereocenters. The average Bonchev–Trinajstić information content (AvgIpc) is 1.59. The number of hydrogen-bond donors (Lipinski definition) is 0. The molecule has 0 spiro atoms. The van der Waals surface area contributed by atoms with E-state index in [1.807, 2.05) is 20.8 Å². The van der Waals surface area contributed by atoms with E-state index in [0.717, 1.165) is 0 Å². The first-order valence-electron chi connectivity index (χ1n) is 3.40. The number of hydrogen-bond acceptors (Lipinski definition) is 1. The van der Waals surface area contributed by atoms with Gasteiger partial charge in [0.15, 0.2) is 0 Å². The van der Waals surface area contributed by atoms with Gasteiger partial charge in [-0.15, -0.1) is 12.3 Å². The Kier molecular flexibility index (Phi) is 3.46. The minimum atomic E-state index is -0.136. The molecule has 1 heteroatoms. The smallest absolute Gasteiger partial charge is 0.0692 e. The molecule has 1 nitrogen and oxygen atoms in total. The van der Waals surface area contributed by atoms with Gasteiger partial charge in [0.1, 0.15) is 0 Å². The Balaban J connectivity index is 3.60. The highest BCUT2D eigenvalue weighted by Crippen LogP contribution is 2.11. The van der Waals surface area contributed by atoms with Crippen molar-refractivity contribution in [1.29, 1.82) is 0 Å². The van der Waals surface area contributed by atoms with Crippen molar-refractivity contribution in [2.45, 2.75) is 38.9 Å². The molecule has 0 saturated heterocycles. The molecule has 1 atom stereocenters. The maximum absolute atomic E-state index is 5.42. The van der Waals surface area contributed by atoms with Crippen LogP contribution < -0.4 is 0 Å². The average molecular weight is 139 g/mol. The third-order valence-corrected chi connectivity index (χ3v) is 0.866. The van der Waals surface area contributed by atoms with E-state index in [1.165, 1.54) is 0 Å². The van der Waals surface area contributed by atoms with Gasteiger partial charge in [0.25, 0.3) is 0 Å². The summed E-state index contributed by atoms with van der Waals surface area (Å²) >= 11 is 0. The summed E-state index contributed by atoms with van der Waals surface area (Å²) in [6.07, 6.45) is 5.58. The summed E-state index contributed by atoms with van der Waals surface area (Å²) in [7, 11) is 0. The van der Waals surface area contributed by atoms with Crippen LogP contribution in [0.2, 0.25) is 0 Å². The van der Waals surface area contributed by atoms with Crippen molar-refractivity contribution in [2.75, 3.05) is 0 Å². The van der Waals surface area contributed by atoms with Crippen LogP contribution in [0, 0.1) is 19.3 Å². The Morgan fingerprint density at radius 2 is 2.10 bits per heavy atom. The Morgan fingerprint density at radius 3 is 2.40 bits per heavy atom. The Labute approximate surface area is 63.8 Å². The second kappa shape index (κ2) is 3.63. The fourth-order valence-corrected chi connectivity index (χ4v) is 0.673. The maximum atomic E-state index is 5.42. The molecular formula is C9H15O. The van der Waals surface area contributed by atoms with E-state index in [0.29, 0.717) is 6.42 Å². The molecule has 0 heterocycles. The van der Waals surface area contributed by atoms with Crippen LogP contribution in [0.1, 0.15) is 27.2 Å². The van der Waals surface area contributed by atoms with Crippen LogP contribution >= 0.6 is 0 Å². The highest BCUT2D eigenvalue weighted by molar-refractivity contribution is 4.89. The zero-order chi connectivity index (χ0) is 8.20. The van der Waals surface area contributed by atoms with Crippen LogP contribution in [-0.4, -0.2) is 11.7 Å². The van der Waals surface area contributed by atoms with E-state index < -0.39 is 0 Å². The molecule has 10 heavy (non-hydrogen) atoms. The van der Waals surface area contributed by atoms with Gasteiger partial charge in [0.2, 0.25) is 0 Å². The zero-order valence-corrected chi connectivity index (χ0v) is 6.98. The van der Waals surface area contributed by atoms with E-state index in [2.05, 4.69) is 12.8 Å². The number of rotatable bonds is 2. The van der Waals surface area contributed by atoms with Crippen LogP contribution in [-0.2, 0) is 4.74 Å². The molecule has 0 saturated carbocycles. The summed E-state index contributed by atoms with van der Waals surface area (Å²) in [5.74, 6) is 2.50. The van der Waals surface area contributed by atoms with Gasteiger partial charge >= 0.3 is 0 Å². The molecule has 1 radical (unpaired) electrons. The Bertz CT molecular complexity index is 125. The molecule has 57 valence electrons. The van der Waals surface area contributed by atoms with Crippen molar-refractivity contribution in [1.82, 2.24) is 0 Å². The molecule has 0 amide bonds. The number of ether oxygens (including phenoxy) is 1. The lowest BCUT2D eigenvalue weighted by atomic mass is 10.2. The second-order valence-electron chi connectivity index (χ2n) is 3.26. The first kappa shape index (κ1) is 9.52. The summed E-state index contributed by atoms with van der Waals surface area (Å²) in [6.45, 7) is 9.71. The van der Waals surface area contributed by atoms with Gasteiger partial charge in [0, 0.05) is 6.42 Å². The summed E-state index contributed by atoms with van der Waals surface area (Å²) in [5, 5.41) is 0. The fraction of sp³-hybridized carbons (Fsp3) is 0.667. The predicted octanol–water partition coefficient (Wildman–Crippen LogP) is 2.03. The van der Waals surface area contributed by atoms with Crippen molar-refractivity contribution in [3.8, 4) is 12.3 Å². The molecule has 0 bridgehead atoms. The van der Waals surface area contributed by atoms with Crippen molar-refractivity contribution in [3.05, 3.63) is 6.92 Å². The molecule has 0 aromatic rings. The second-order valence-corrected chi connectivity index (χ2v) is 3.26. The van der Waals surface area contributed by atoms with Gasteiger partial charge in [0.05, 0.1) is 11.7 Å². The van der Waals surface area contributed by atoms with Gasteiger partial charge in [-0.1, -0.05) is 0 Å². The third kappa shape index (κ3) is 5.65. The van der Waals surface area contributed by atoms with E-state index in [9.17, 15) is 0 Å². The largest absolute Gasteiger partial charge is 0.372 e. The highest BCUT2D eigenvalue weighted by atomic mass is 16.5. The summed E-state index contributed by atoms with van der Waals surface area (Å²) in [5.41, 5.74) is -0.136. The third-order valence-electron chi connectivity index (χ3n) is 0.866. The first-order valence-corrected chi connectivity index (χ1v) is 3.40. The van der Waals surface area contributed by atoms with Gasteiger partial charge in [-0.2, -0.15) is 0 Å². The molecule has 0 aliphatic heterocycles. The standard InChI is InChI=1S/C9H15O/c1-6-7-8(2)10-9(3,4)5/h1,8H,2,7H2,3-5H3. The molecule has 0 fully saturated rings. The zero-order valence-electron chi connectivity index (χ0n) is 6.98. The normalized spacial score (nSPS) is 14.3. The van der Waals surface area contributed by atoms with Crippen molar-refractivity contribution in [3.63, 3.8) is 0 Å². The quantitative estimate of drug-likeness (QED) is 0.532. The van der Waals surface area contributed by atoms with Crippen LogP contribution in [0.3, 0.4) is 0 Å². The van der Waals surface area contributed by atoms with Crippen molar-refractivity contribution in [2.24, 2.45) is 0 Å². The topological polar surface area (TPSA) is 9.23 Å². The highest BCUT2D eigenvalue weighted by Gasteiger charge is 2.13. The van der Waals surface area contributed by atoms with Gasteiger partial charge < -0.3 is 4.74 Å². The molecule has 0 rings (SSSR count). The summed E-state index contributed by atoms with van der Waals surface area (Å²) in [6, 6.07) is 0. The van der Waals surface area contributed by atoms with Crippen LogP contribution in [0.4, 0.5) is 0 Å². The summed E-state index contributed by atoms with van der Waals surface area (Å²) < 4.78 is 5.42. The van der Waals surface area contributed by atoms with Gasteiger partial charge in [-0.05, 0) is 27.7 Å². The van der Waals surface area contributed by atoms with E-state index >= 15 is 0 Å². The van der Waals surface area contributed by atoms with Gasteiger partial charge in [-0.25, -0.2) is 0 Å². The Morgan fingerprint density at radius 1 is 1.60 bits per heavy atom. The number of terminal acetylenes is 1. The van der Waals surface area contributed by atoms with Crippen molar-refractivity contribution < 1.29 is 4.74 Å². The molecule has 0 aromatic carbocycles. The van der Waals surface area contributed by atoms with Crippen LogP contribution in [0.25, 0.3) is 0 Å². The van der Waals surface area contributed by atoms with E-state index in [1.54, 1.807) is 0 Å². The predicted molar refractivity (Wildman–Crippen MR) is 43.4 cm³/mol. The lowest BCUT2D eigenvalue weighted by Crippen LogP contribution is -2.25. The Hall–Kier alpha value is -0.480. The minimum absolute atomic E-state index is 0.0787. The maximum Gasteiger partial charge on any atom is 0.0692 e. The first-order chi connectivity index (χ1) is 4.45. The van der Waals surface area contributed by atoms with E-state index in [-0.39, 0.29) is 11.7 Å². The van der Waals surface area contributed by atoms with Gasteiger partial charge in [-0.3, -0.25) is 0 Å². The minimum Gasteiger partial charge on any atom is -0.372 e. The lowest BCUT2D eigenvalue weighted by Gasteiger charge is -2.23. The molecule has 0 aromatic heterocycles. The molecule has 0 N–H and O–H groups in total. The van der Waals surface area contributed by atoms with Crippen LogP contribution in [0.5, 0.6) is 0 Å². The SMILES string of the molecule is C#CCC([CH2])OC(C)(C)C. The van der Waals surface area contributed by atoms with E-state index in [4.69, 9.17) is 11.2 Å². The molecule has 0 aliphatic rings.